The van der Waals surface area contributed by atoms with Crippen LogP contribution in [0.4, 0.5) is 30.2 Å². The fraction of sp³-hybridized carbons (Fsp3) is 0.136. The number of hydrogen-bond acceptors (Lipinski definition) is 5. The highest BCUT2D eigenvalue weighted by molar-refractivity contribution is 7.92. The molecule has 0 aliphatic heterocycles. The Kier molecular flexibility index (Phi) is 7.58. The van der Waals surface area contributed by atoms with Crippen LogP contribution < -0.4 is 14.3 Å². The van der Waals surface area contributed by atoms with Gasteiger partial charge in [0.25, 0.3) is 15.9 Å². The van der Waals surface area contributed by atoms with Gasteiger partial charge in [0, 0.05) is 18.4 Å². The van der Waals surface area contributed by atoms with E-state index in [-0.39, 0.29) is 27.5 Å². The van der Waals surface area contributed by atoms with E-state index >= 15 is 0 Å². The Morgan fingerprint density at radius 1 is 0.917 bits per heavy atom. The van der Waals surface area contributed by atoms with Gasteiger partial charge in [-0.15, -0.1) is 0 Å². The second-order valence-corrected chi connectivity index (χ2v) is 11.6. The quantitative estimate of drug-likeness (QED) is 0.430. The molecule has 0 aliphatic rings. The number of nitrogens with zero attached hydrogens (tertiary/aromatic N) is 1. The van der Waals surface area contributed by atoms with Gasteiger partial charge in [0.15, 0.2) is 0 Å². The number of hydrogen-bond donors (Lipinski definition) is 2. The van der Waals surface area contributed by atoms with E-state index in [1.54, 1.807) is 12.1 Å². The van der Waals surface area contributed by atoms with Crippen molar-refractivity contribution in [2.45, 2.75) is 11.1 Å². The zero-order valence-corrected chi connectivity index (χ0v) is 21.1. The average molecular weight is 562 g/mol. The second kappa shape index (κ2) is 9.99. The Bertz CT molecular complexity index is 1510. The van der Waals surface area contributed by atoms with E-state index in [1.807, 2.05) is 0 Å². The van der Waals surface area contributed by atoms with Crippen LogP contribution in [0.5, 0.6) is 0 Å². The molecule has 3 aromatic carbocycles. The number of benzene rings is 3. The maximum atomic E-state index is 13.1. The number of anilines is 3. The lowest BCUT2D eigenvalue weighted by atomic mass is 10.1. The van der Waals surface area contributed by atoms with Crippen LogP contribution in [0.25, 0.3) is 0 Å². The van der Waals surface area contributed by atoms with Gasteiger partial charge in [-0.3, -0.25) is 13.8 Å². The molecule has 0 bridgehead atoms. The third-order valence-corrected chi connectivity index (χ3v) is 7.85. The van der Waals surface area contributed by atoms with E-state index < -0.39 is 42.7 Å². The molecule has 192 valence electrons. The summed E-state index contributed by atoms with van der Waals surface area (Å²) in [6.45, 7) is 0. The molecule has 14 heteroatoms. The fourth-order valence-electron chi connectivity index (χ4n) is 3.05. The lowest BCUT2D eigenvalue weighted by Gasteiger charge is -2.19. The van der Waals surface area contributed by atoms with Gasteiger partial charge in [0.1, 0.15) is 0 Å². The predicted molar refractivity (Wildman–Crippen MR) is 131 cm³/mol. The predicted octanol–water partition coefficient (Wildman–Crippen LogP) is 4.81. The number of nitrogens with one attached hydrogen (secondary N) is 2. The molecule has 2 N–H and O–H groups in total. The summed E-state index contributed by atoms with van der Waals surface area (Å²) in [5.41, 5.74) is -1.13. The average Bonchev–Trinajstić information content (AvgIpc) is 2.78. The third-order valence-electron chi connectivity index (χ3n) is 4.93. The number of halogens is 4. The summed E-state index contributed by atoms with van der Waals surface area (Å²) in [6, 6.07) is 13.5. The Morgan fingerprint density at radius 3 is 2.08 bits per heavy atom. The van der Waals surface area contributed by atoms with Crippen molar-refractivity contribution >= 4 is 54.6 Å². The number of alkyl halides is 3. The minimum absolute atomic E-state index is 0.0620. The molecule has 3 aromatic rings. The summed E-state index contributed by atoms with van der Waals surface area (Å²) in [5.74, 6) is -0.643. The maximum absolute atomic E-state index is 13.1. The normalized spacial score (nSPS) is 12.2. The summed E-state index contributed by atoms with van der Waals surface area (Å²) in [6.07, 6.45) is -3.78. The topological polar surface area (TPSA) is 113 Å². The smallest absolute Gasteiger partial charge is 0.322 e. The van der Waals surface area contributed by atoms with Crippen molar-refractivity contribution in [2.24, 2.45) is 0 Å². The van der Waals surface area contributed by atoms with Gasteiger partial charge in [-0.2, -0.15) is 13.2 Å². The first kappa shape index (κ1) is 27.3. The van der Waals surface area contributed by atoms with E-state index in [0.29, 0.717) is 6.07 Å². The molecule has 0 heterocycles. The van der Waals surface area contributed by atoms with Gasteiger partial charge in [-0.25, -0.2) is 16.8 Å². The molecule has 0 aliphatic carbocycles. The molecule has 0 radical (unpaired) electrons. The van der Waals surface area contributed by atoms with Crippen molar-refractivity contribution in [1.29, 1.82) is 0 Å². The van der Waals surface area contributed by atoms with Gasteiger partial charge < -0.3 is 5.32 Å². The molecule has 0 aromatic heterocycles. The molecular formula is C22H19ClF3N3O5S2. The molecule has 0 spiro atoms. The number of carbonyl (C=O) groups is 1. The van der Waals surface area contributed by atoms with Gasteiger partial charge in [-0.1, -0.05) is 23.7 Å². The third kappa shape index (κ3) is 6.28. The summed E-state index contributed by atoms with van der Waals surface area (Å²) in [4.78, 5) is 12.5. The van der Waals surface area contributed by atoms with E-state index in [0.717, 1.165) is 34.8 Å². The van der Waals surface area contributed by atoms with E-state index in [1.165, 1.54) is 31.3 Å². The number of carbonyl (C=O) groups excluding carboxylic acids is 1. The molecule has 1 amide bonds. The van der Waals surface area contributed by atoms with Gasteiger partial charge in [-0.05, 0) is 54.6 Å². The Labute approximate surface area is 210 Å². The van der Waals surface area contributed by atoms with Crippen LogP contribution in [0.3, 0.4) is 0 Å². The van der Waals surface area contributed by atoms with Crippen LogP contribution in [0.1, 0.15) is 15.9 Å². The summed E-state index contributed by atoms with van der Waals surface area (Å²) in [5, 5.41) is 1.97. The Morgan fingerprint density at radius 2 is 1.50 bits per heavy atom. The molecule has 3 rings (SSSR count). The van der Waals surface area contributed by atoms with E-state index in [2.05, 4.69) is 10.0 Å². The Balaban J connectivity index is 1.80. The zero-order valence-electron chi connectivity index (χ0n) is 18.7. The number of sulfonamides is 2. The summed E-state index contributed by atoms with van der Waals surface area (Å²) >= 11 is 5.56. The highest BCUT2D eigenvalue weighted by atomic mass is 35.5. The minimum atomic E-state index is -4.77. The number of para-hydroxylation sites is 1. The maximum Gasteiger partial charge on any atom is 0.417 e. The molecule has 36 heavy (non-hydrogen) atoms. The minimum Gasteiger partial charge on any atom is -0.322 e. The van der Waals surface area contributed by atoms with Crippen LogP contribution in [0.15, 0.2) is 71.6 Å². The number of amides is 1. The van der Waals surface area contributed by atoms with E-state index in [4.69, 9.17) is 11.6 Å². The van der Waals surface area contributed by atoms with Crippen LogP contribution in [0, 0.1) is 0 Å². The first-order chi connectivity index (χ1) is 16.6. The van der Waals surface area contributed by atoms with Gasteiger partial charge in [0.2, 0.25) is 10.0 Å². The van der Waals surface area contributed by atoms with Crippen molar-refractivity contribution in [2.75, 3.05) is 27.6 Å². The highest BCUT2D eigenvalue weighted by Gasteiger charge is 2.33. The lowest BCUT2D eigenvalue weighted by Crippen LogP contribution is -2.27. The fourth-order valence-corrected chi connectivity index (χ4v) is 4.85. The van der Waals surface area contributed by atoms with Crippen LogP contribution in [0.2, 0.25) is 5.02 Å². The van der Waals surface area contributed by atoms with Crippen molar-refractivity contribution in [3.05, 3.63) is 82.9 Å². The van der Waals surface area contributed by atoms with Crippen molar-refractivity contribution in [1.82, 2.24) is 0 Å². The lowest BCUT2D eigenvalue weighted by molar-refractivity contribution is -0.137. The first-order valence-corrected chi connectivity index (χ1v) is 13.6. The first-order valence-electron chi connectivity index (χ1n) is 9.93. The van der Waals surface area contributed by atoms with Gasteiger partial charge >= 0.3 is 6.18 Å². The van der Waals surface area contributed by atoms with Crippen LogP contribution in [-0.4, -0.2) is 36.0 Å². The van der Waals surface area contributed by atoms with Gasteiger partial charge in [0.05, 0.1) is 33.0 Å². The molecule has 0 saturated carbocycles. The molecule has 0 fully saturated rings. The largest absolute Gasteiger partial charge is 0.417 e. The number of rotatable bonds is 7. The molecule has 0 saturated heterocycles. The molecule has 8 nitrogen and oxygen atoms in total. The Hall–Kier alpha value is -3.29. The van der Waals surface area contributed by atoms with Crippen molar-refractivity contribution in [3.8, 4) is 0 Å². The van der Waals surface area contributed by atoms with Crippen molar-refractivity contribution in [3.63, 3.8) is 0 Å². The monoisotopic (exact) mass is 561 g/mol. The molecule has 0 atom stereocenters. The van der Waals surface area contributed by atoms with E-state index in [9.17, 15) is 34.8 Å². The molecular weight excluding hydrogens is 543 g/mol. The van der Waals surface area contributed by atoms with Crippen LogP contribution in [-0.2, 0) is 26.2 Å². The summed E-state index contributed by atoms with van der Waals surface area (Å²) < 4.78 is 91.2. The SMILES string of the molecule is CN(c1ccccc1C(=O)Nc1ccc(S(=O)(=O)Nc2ccc(Cl)c(C(F)(F)F)c2)cc1)S(C)(=O)=O. The van der Waals surface area contributed by atoms with Crippen LogP contribution >= 0.6 is 11.6 Å². The van der Waals surface area contributed by atoms with Crippen molar-refractivity contribution < 1.29 is 34.8 Å². The second-order valence-electron chi connectivity index (χ2n) is 7.52. The standard InChI is InChI=1S/C22H19ClF3N3O5S2/c1-29(35(2,31)32)20-6-4-3-5-17(20)21(30)27-14-7-10-16(11-8-14)36(33,34)28-15-9-12-19(23)18(13-15)22(24,25)26/h3-13,28H,1-2H3,(H,27,30). The molecule has 0 unspecified atom stereocenters. The zero-order chi connectivity index (χ0) is 26.9. The summed E-state index contributed by atoms with van der Waals surface area (Å²) in [7, 11) is -6.60. The highest BCUT2D eigenvalue weighted by Crippen LogP contribution is 2.36.